The van der Waals surface area contributed by atoms with Crippen LogP contribution >= 0.6 is 0 Å². The minimum Gasteiger partial charge on any atom is -0.407 e. The van der Waals surface area contributed by atoms with E-state index in [-0.39, 0.29) is 40.6 Å². The van der Waals surface area contributed by atoms with Gasteiger partial charge in [0.15, 0.2) is 5.79 Å². The molecule has 1 spiro atoms. The van der Waals surface area contributed by atoms with Gasteiger partial charge in [0.05, 0.1) is 29.3 Å². The standard InChI is InChI=1S/C43H60O7SSi/c1-9-35(30-48-52(41(5,6)7,38-18-12-10-13-19-38)39-20-14-11-15-21-39)40-33(3)29-34(4)43(50-40)27-16-17-36(49-43)26-28-42(8,44)31-47-51(45,46)37-24-22-32(2)23-25-37/h10-16,18-25,27,33-36,40,44H,9,17,26,28-31H2,1-8H3/t33-,34+,35-,36-,40-,42-,43-/m0/s1. The summed E-state index contributed by atoms with van der Waals surface area (Å²) in [6.07, 6.45) is 7.33. The molecule has 0 aromatic heterocycles. The maximum Gasteiger partial charge on any atom is 0.297 e. The predicted molar refractivity (Wildman–Crippen MR) is 211 cm³/mol. The van der Waals surface area contributed by atoms with Gasteiger partial charge < -0.3 is 19.0 Å². The molecule has 0 amide bonds. The number of ether oxygens (including phenoxy) is 2. The summed E-state index contributed by atoms with van der Waals surface area (Å²) in [6, 6.07) is 28.0. The number of hydrogen-bond acceptors (Lipinski definition) is 7. The number of aryl methyl sites for hydroxylation is 1. The normalized spacial score (nSPS) is 25.9. The third kappa shape index (κ3) is 9.00. The summed E-state index contributed by atoms with van der Waals surface area (Å²) >= 11 is 0. The summed E-state index contributed by atoms with van der Waals surface area (Å²) in [4.78, 5) is 0.0752. The highest BCUT2D eigenvalue weighted by atomic mass is 32.2. The zero-order valence-corrected chi connectivity index (χ0v) is 34.2. The van der Waals surface area contributed by atoms with Crippen LogP contribution in [-0.4, -0.2) is 58.7 Å². The van der Waals surface area contributed by atoms with Crippen LogP contribution < -0.4 is 10.4 Å². The Morgan fingerprint density at radius 3 is 2.08 bits per heavy atom. The summed E-state index contributed by atoms with van der Waals surface area (Å²) in [7, 11) is -6.72. The quantitative estimate of drug-likeness (QED) is 0.102. The summed E-state index contributed by atoms with van der Waals surface area (Å²) in [6.45, 7) is 17.4. The Hall–Kier alpha value is -2.63. The summed E-state index contributed by atoms with van der Waals surface area (Å²) in [5, 5.41) is 13.6. The fourth-order valence-electron chi connectivity index (χ4n) is 8.08. The number of aliphatic hydroxyl groups is 1. The second-order valence-corrected chi connectivity index (χ2v) is 22.4. The third-order valence-electron chi connectivity index (χ3n) is 11.2. The Morgan fingerprint density at radius 1 is 0.923 bits per heavy atom. The van der Waals surface area contributed by atoms with E-state index in [1.54, 1.807) is 19.1 Å². The minimum atomic E-state index is -3.99. The van der Waals surface area contributed by atoms with Crippen molar-refractivity contribution in [3.63, 3.8) is 0 Å². The molecule has 1 saturated heterocycles. The van der Waals surface area contributed by atoms with Crippen LogP contribution in [0.1, 0.15) is 86.1 Å². The van der Waals surface area contributed by atoms with Gasteiger partial charge in [-0.25, -0.2) is 0 Å². The Labute approximate surface area is 314 Å². The highest BCUT2D eigenvalue weighted by molar-refractivity contribution is 7.86. The zero-order valence-electron chi connectivity index (χ0n) is 32.4. The zero-order chi connectivity index (χ0) is 37.8. The van der Waals surface area contributed by atoms with Crippen LogP contribution in [0.25, 0.3) is 0 Å². The van der Waals surface area contributed by atoms with E-state index in [9.17, 15) is 13.5 Å². The molecular formula is C43H60O7SSi. The largest absolute Gasteiger partial charge is 0.407 e. The molecule has 1 N–H and O–H groups in total. The van der Waals surface area contributed by atoms with Crippen molar-refractivity contribution in [3.8, 4) is 0 Å². The first-order valence-electron chi connectivity index (χ1n) is 19.0. The first-order chi connectivity index (χ1) is 24.5. The van der Waals surface area contributed by atoms with E-state index in [4.69, 9.17) is 18.1 Å². The number of rotatable bonds is 14. The molecule has 284 valence electrons. The summed E-state index contributed by atoms with van der Waals surface area (Å²) < 4.78 is 52.3. The van der Waals surface area contributed by atoms with E-state index in [0.717, 1.165) is 18.4 Å². The lowest BCUT2D eigenvalue weighted by Crippen LogP contribution is -2.67. The van der Waals surface area contributed by atoms with Crippen LogP contribution in [-0.2, 0) is 28.2 Å². The maximum atomic E-state index is 12.8. The molecule has 3 aromatic rings. The van der Waals surface area contributed by atoms with Crippen LogP contribution in [0.3, 0.4) is 0 Å². The van der Waals surface area contributed by atoms with Crippen molar-refractivity contribution in [1.82, 2.24) is 0 Å². The smallest absolute Gasteiger partial charge is 0.297 e. The van der Waals surface area contributed by atoms with Crippen LogP contribution in [0, 0.1) is 24.7 Å². The van der Waals surface area contributed by atoms with Crippen molar-refractivity contribution in [2.45, 2.75) is 121 Å². The molecule has 7 nitrogen and oxygen atoms in total. The van der Waals surface area contributed by atoms with E-state index >= 15 is 0 Å². The molecule has 7 atom stereocenters. The lowest BCUT2D eigenvalue weighted by atomic mass is 9.78. The highest BCUT2D eigenvalue weighted by Gasteiger charge is 2.53. The molecule has 0 bridgehead atoms. The monoisotopic (exact) mass is 748 g/mol. The van der Waals surface area contributed by atoms with Crippen molar-refractivity contribution in [2.24, 2.45) is 17.8 Å². The fourth-order valence-corrected chi connectivity index (χ4v) is 13.7. The van der Waals surface area contributed by atoms with Gasteiger partial charge in [-0.2, -0.15) is 8.42 Å². The third-order valence-corrected chi connectivity index (χ3v) is 17.4. The molecule has 2 aliphatic heterocycles. The van der Waals surface area contributed by atoms with E-state index in [1.807, 2.05) is 6.92 Å². The Bertz CT molecular complexity index is 1680. The van der Waals surface area contributed by atoms with Crippen molar-refractivity contribution in [2.75, 3.05) is 13.2 Å². The van der Waals surface area contributed by atoms with E-state index < -0.39 is 29.8 Å². The molecule has 3 aromatic carbocycles. The van der Waals surface area contributed by atoms with Gasteiger partial charge in [0.25, 0.3) is 18.4 Å². The highest BCUT2D eigenvalue weighted by Crippen LogP contribution is 2.46. The molecule has 2 aliphatic rings. The first kappa shape index (κ1) is 40.5. The van der Waals surface area contributed by atoms with Crippen molar-refractivity contribution >= 4 is 28.8 Å². The van der Waals surface area contributed by atoms with Gasteiger partial charge in [-0.05, 0) is 85.5 Å². The Balaban J connectivity index is 1.29. The van der Waals surface area contributed by atoms with Gasteiger partial charge in [0.2, 0.25) is 0 Å². The van der Waals surface area contributed by atoms with Crippen LogP contribution in [0.4, 0.5) is 0 Å². The molecule has 1 fully saturated rings. The lowest BCUT2D eigenvalue weighted by molar-refractivity contribution is -0.316. The Morgan fingerprint density at radius 2 is 1.52 bits per heavy atom. The topological polar surface area (TPSA) is 91.3 Å². The van der Waals surface area contributed by atoms with Gasteiger partial charge in [-0.15, -0.1) is 0 Å². The Kier molecular flexibility index (Phi) is 12.8. The van der Waals surface area contributed by atoms with Gasteiger partial charge in [-0.1, -0.05) is 126 Å². The molecule has 2 heterocycles. The molecule has 52 heavy (non-hydrogen) atoms. The van der Waals surface area contributed by atoms with E-state index in [2.05, 4.69) is 114 Å². The van der Waals surface area contributed by atoms with Crippen molar-refractivity contribution in [3.05, 3.63) is 103 Å². The molecule has 0 saturated carbocycles. The van der Waals surface area contributed by atoms with E-state index in [0.29, 0.717) is 31.8 Å². The minimum absolute atomic E-state index is 0.0752. The second kappa shape index (κ2) is 16.4. The van der Waals surface area contributed by atoms with Gasteiger partial charge >= 0.3 is 0 Å². The molecule has 0 unspecified atom stereocenters. The number of benzene rings is 3. The molecule has 0 aliphatic carbocycles. The summed E-state index contributed by atoms with van der Waals surface area (Å²) in [5.41, 5.74) is -0.409. The second-order valence-electron chi connectivity index (χ2n) is 16.5. The molecule has 5 rings (SSSR count). The van der Waals surface area contributed by atoms with Gasteiger partial charge in [-0.3, -0.25) is 4.18 Å². The molecule has 9 heteroatoms. The van der Waals surface area contributed by atoms with Gasteiger partial charge in [0.1, 0.15) is 0 Å². The predicted octanol–water partition coefficient (Wildman–Crippen LogP) is 7.94. The average molecular weight is 749 g/mol. The van der Waals surface area contributed by atoms with Crippen LogP contribution in [0.15, 0.2) is 102 Å². The molecule has 0 radical (unpaired) electrons. The first-order valence-corrected chi connectivity index (χ1v) is 22.3. The molecular weight excluding hydrogens is 689 g/mol. The van der Waals surface area contributed by atoms with Crippen molar-refractivity contribution < 1.29 is 31.6 Å². The van der Waals surface area contributed by atoms with Crippen molar-refractivity contribution in [1.29, 1.82) is 0 Å². The average Bonchev–Trinajstić information content (AvgIpc) is 3.11. The maximum absolute atomic E-state index is 12.8. The van der Waals surface area contributed by atoms with Crippen LogP contribution in [0.5, 0.6) is 0 Å². The van der Waals surface area contributed by atoms with Crippen LogP contribution in [0.2, 0.25) is 5.04 Å². The summed E-state index contributed by atoms with van der Waals surface area (Å²) in [5.74, 6) is -0.315. The lowest BCUT2D eigenvalue weighted by Gasteiger charge is -2.51. The number of hydrogen-bond donors (Lipinski definition) is 1. The fraction of sp³-hybridized carbons (Fsp3) is 0.535. The van der Waals surface area contributed by atoms with Gasteiger partial charge in [0, 0.05) is 18.4 Å². The van der Waals surface area contributed by atoms with E-state index in [1.165, 1.54) is 22.5 Å². The SMILES string of the molecule is CC[C@@H](CO[Si](c1ccccc1)(c1ccccc1)C(C)(C)C)[C@H]1O[C@@]2(C=CC[C@@H](CC[C@](C)(O)COS(=O)(=O)c3ccc(C)cc3)O2)[C@H](C)C[C@@H]1C.